The van der Waals surface area contributed by atoms with Crippen molar-refractivity contribution < 1.29 is 4.21 Å². The lowest BCUT2D eigenvalue weighted by molar-refractivity contribution is 0.680. The molecule has 1 rings (SSSR count). The van der Waals surface area contributed by atoms with Crippen LogP contribution in [0.25, 0.3) is 0 Å². The van der Waals surface area contributed by atoms with Gasteiger partial charge < -0.3 is 0 Å². The molecule has 1 aromatic carbocycles. The van der Waals surface area contributed by atoms with Crippen LogP contribution in [0.5, 0.6) is 0 Å². The van der Waals surface area contributed by atoms with Crippen molar-refractivity contribution in [1.82, 2.24) is 0 Å². The number of halogens is 1. The number of benzene rings is 1. The number of rotatable bonds is 1. The second-order valence-corrected chi connectivity index (χ2v) is 5.68. The van der Waals surface area contributed by atoms with Gasteiger partial charge in [-0.1, -0.05) is 12.1 Å². The van der Waals surface area contributed by atoms with Gasteiger partial charge in [0.2, 0.25) is 0 Å². The van der Waals surface area contributed by atoms with Crippen LogP contribution in [0.1, 0.15) is 0 Å². The molecular formula is C8H10BrNOS. The quantitative estimate of drug-likeness (QED) is 0.750. The molecule has 2 nitrogen and oxygen atoms in total. The van der Waals surface area contributed by atoms with Crippen LogP contribution in [0, 0.1) is 0 Å². The minimum Gasteiger partial charge on any atom is -0.245 e. The van der Waals surface area contributed by atoms with Gasteiger partial charge in [0.25, 0.3) is 0 Å². The second-order valence-electron chi connectivity index (χ2n) is 2.42. The summed E-state index contributed by atoms with van der Waals surface area (Å²) in [5.74, 6) is 0. The van der Waals surface area contributed by atoms with E-state index in [2.05, 4.69) is 20.3 Å². The first-order valence-electron chi connectivity index (χ1n) is 3.43. The summed E-state index contributed by atoms with van der Waals surface area (Å²) >= 11 is 3.33. The zero-order chi connectivity index (χ0) is 9.19. The Morgan fingerprint density at radius 3 is 2.50 bits per heavy atom. The van der Waals surface area contributed by atoms with Crippen molar-refractivity contribution in [2.24, 2.45) is 4.36 Å². The van der Waals surface area contributed by atoms with Gasteiger partial charge in [-0.15, -0.1) is 0 Å². The van der Waals surface area contributed by atoms with Gasteiger partial charge in [0.15, 0.2) is 0 Å². The topological polar surface area (TPSA) is 29.4 Å². The van der Waals surface area contributed by atoms with Crippen LogP contribution in [0.3, 0.4) is 0 Å². The monoisotopic (exact) mass is 247 g/mol. The standard InChI is InChI=1S/C8H10BrNOS/c1-10-12(2,11)8-6-4-3-5-7(8)9/h3-6H,1-2H3/t12-/m0/s1. The van der Waals surface area contributed by atoms with E-state index in [9.17, 15) is 4.21 Å². The fourth-order valence-electron chi connectivity index (χ4n) is 0.850. The first kappa shape index (κ1) is 9.74. The molecule has 0 bridgehead atoms. The van der Waals surface area contributed by atoms with Crippen LogP contribution >= 0.6 is 15.9 Å². The maximum absolute atomic E-state index is 11.8. The van der Waals surface area contributed by atoms with Crippen molar-refractivity contribution in [2.75, 3.05) is 13.3 Å². The van der Waals surface area contributed by atoms with E-state index in [1.54, 1.807) is 13.3 Å². The Hall–Kier alpha value is -0.350. The van der Waals surface area contributed by atoms with Crippen LogP contribution in [0.4, 0.5) is 0 Å². The summed E-state index contributed by atoms with van der Waals surface area (Å²) in [6, 6.07) is 7.43. The molecule has 0 amide bonds. The van der Waals surface area contributed by atoms with E-state index < -0.39 is 9.73 Å². The molecule has 0 saturated carbocycles. The summed E-state index contributed by atoms with van der Waals surface area (Å²) in [7, 11) is -0.630. The highest BCUT2D eigenvalue weighted by atomic mass is 79.9. The van der Waals surface area contributed by atoms with Gasteiger partial charge in [0.05, 0.1) is 14.6 Å². The fourth-order valence-corrected chi connectivity index (χ4v) is 2.99. The molecule has 0 N–H and O–H groups in total. The first-order valence-corrected chi connectivity index (χ1v) is 6.14. The van der Waals surface area contributed by atoms with Gasteiger partial charge in [0.1, 0.15) is 0 Å². The molecular weight excluding hydrogens is 238 g/mol. The van der Waals surface area contributed by atoms with E-state index in [-0.39, 0.29) is 0 Å². The zero-order valence-electron chi connectivity index (χ0n) is 6.95. The van der Waals surface area contributed by atoms with E-state index >= 15 is 0 Å². The summed E-state index contributed by atoms with van der Waals surface area (Å²) in [5, 5.41) is 0. The SMILES string of the molecule is CN=[S@@](C)(=O)c1ccccc1Br. The molecule has 0 aliphatic heterocycles. The molecule has 1 aromatic rings. The highest BCUT2D eigenvalue weighted by Gasteiger charge is 2.07. The minimum absolute atomic E-state index is 0.757. The van der Waals surface area contributed by atoms with Crippen molar-refractivity contribution in [3.8, 4) is 0 Å². The third-order valence-electron chi connectivity index (χ3n) is 1.59. The lowest BCUT2D eigenvalue weighted by Crippen LogP contribution is -1.97. The molecule has 0 fully saturated rings. The Bertz CT molecular complexity index is 394. The van der Waals surface area contributed by atoms with Crippen LogP contribution in [0.2, 0.25) is 0 Å². The summed E-state index contributed by atoms with van der Waals surface area (Å²) in [6.07, 6.45) is 1.63. The summed E-state index contributed by atoms with van der Waals surface area (Å²) in [4.78, 5) is 0.757. The highest BCUT2D eigenvalue weighted by molar-refractivity contribution is 9.10. The van der Waals surface area contributed by atoms with Gasteiger partial charge >= 0.3 is 0 Å². The molecule has 0 spiro atoms. The van der Waals surface area contributed by atoms with Crippen LogP contribution in [0.15, 0.2) is 38.0 Å². The van der Waals surface area contributed by atoms with E-state index in [4.69, 9.17) is 0 Å². The molecule has 66 valence electrons. The third-order valence-corrected chi connectivity index (χ3v) is 4.42. The summed E-state index contributed by atoms with van der Waals surface area (Å²) in [5.41, 5.74) is 0. The van der Waals surface area contributed by atoms with Crippen molar-refractivity contribution in [1.29, 1.82) is 0 Å². The zero-order valence-corrected chi connectivity index (χ0v) is 9.35. The number of hydrogen-bond donors (Lipinski definition) is 0. The fraction of sp³-hybridized carbons (Fsp3) is 0.250. The molecule has 12 heavy (non-hydrogen) atoms. The Balaban J connectivity index is 3.40. The highest BCUT2D eigenvalue weighted by Crippen LogP contribution is 2.21. The van der Waals surface area contributed by atoms with E-state index in [1.165, 1.54) is 0 Å². The van der Waals surface area contributed by atoms with Crippen LogP contribution in [-0.2, 0) is 9.73 Å². The Morgan fingerprint density at radius 2 is 2.00 bits per heavy atom. The molecule has 0 unspecified atom stereocenters. The van der Waals surface area contributed by atoms with Gasteiger partial charge in [-0.05, 0) is 28.1 Å². The van der Waals surface area contributed by atoms with Gasteiger partial charge in [0, 0.05) is 17.8 Å². The number of hydrogen-bond acceptors (Lipinski definition) is 2. The summed E-state index contributed by atoms with van der Waals surface area (Å²) < 4.78 is 16.5. The summed E-state index contributed by atoms with van der Waals surface area (Å²) in [6.45, 7) is 0. The van der Waals surface area contributed by atoms with Crippen LogP contribution in [-0.4, -0.2) is 17.5 Å². The lowest BCUT2D eigenvalue weighted by Gasteiger charge is -2.04. The average molecular weight is 248 g/mol. The molecule has 1 atom stereocenters. The minimum atomic E-state index is -2.20. The Kier molecular flexibility index (Phi) is 2.90. The second kappa shape index (κ2) is 3.58. The Labute approximate surface area is 81.3 Å². The molecule has 0 heterocycles. The smallest absolute Gasteiger partial charge is 0.0731 e. The largest absolute Gasteiger partial charge is 0.245 e. The maximum atomic E-state index is 11.8. The van der Waals surface area contributed by atoms with Gasteiger partial charge in [-0.3, -0.25) is 0 Å². The predicted octanol–water partition coefficient (Wildman–Crippen LogP) is 2.54. The molecule has 0 aromatic heterocycles. The van der Waals surface area contributed by atoms with Crippen molar-refractivity contribution >= 4 is 25.7 Å². The van der Waals surface area contributed by atoms with Gasteiger partial charge in [-0.2, -0.15) is 0 Å². The third kappa shape index (κ3) is 1.87. The van der Waals surface area contributed by atoms with E-state index in [0.29, 0.717) is 0 Å². The molecule has 4 heteroatoms. The first-order chi connectivity index (χ1) is 5.58. The number of nitrogens with zero attached hydrogens (tertiary/aromatic N) is 1. The average Bonchev–Trinajstić information content (AvgIpc) is 2.05. The van der Waals surface area contributed by atoms with Crippen LogP contribution < -0.4 is 0 Å². The molecule has 0 saturated heterocycles. The maximum Gasteiger partial charge on any atom is 0.0731 e. The van der Waals surface area contributed by atoms with Gasteiger partial charge in [-0.25, -0.2) is 8.57 Å². The van der Waals surface area contributed by atoms with E-state index in [1.807, 2.05) is 24.3 Å². The predicted molar refractivity (Wildman–Crippen MR) is 54.8 cm³/mol. The van der Waals surface area contributed by atoms with E-state index in [0.717, 1.165) is 9.37 Å². The molecule has 0 aliphatic rings. The van der Waals surface area contributed by atoms with Crippen molar-refractivity contribution in [3.63, 3.8) is 0 Å². The Morgan fingerprint density at radius 1 is 1.42 bits per heavy atom. The lowest BCUT2D eigenvalue weighted by atomic mass is 10.4. The normalized spacial score (nSPS) is 15.2. The van der Waals surface area contributed by atoms with Crippen molar-refractivity contribution in [3.05, 3.63) is 28.7 Å². The molecule has 0 radical (unpaired) electrons. The van der Waals surface area contributed by atoms with Crippen molar-refractivity contribution in [2.45, 2.75) is 4.90 Å². The molecule has 0 aliphatic carbocycles.